The fourth-order valence-corrected chi connectivity index (χ4v) is 4.46. The van der Waals surface area contributed by atoms with E-state index >= 15 is 0 Å². The molecule has 4 aromatic rings. The molecule has 3 heterocycles. The van der Waals surface area contributed by atoms with Crippen LogP contribution in [0.4, 0.5) is 11.4 Å². The van der Waals surface area contributed by atoms with Gasteiger partial charge in [-0.25, -0.2) is 4.98 Å². The van der Waals surface area contributed by atoms with E-state index in [1.807, 2.05) is 31.6 Å². The van der Waals surface area contributed by atoms with Crippen LogP contribution in [0.1, 0.15) is 12.8 Å². The molecule has 0 N–H and O–H groups in total. The van der Waals surface area contributed by atoms with Gasteiger partial charge in [0.1, 0.15) is 11.5 Å². The highest BCUT2D eigenvalue weighted by Gasteiger charge is 2.17. The third-order valence-corrected chi connectivity index (χ3v) is 6.32. The first-order chi connectivity index (χ1) is 16.6. The molecule has 5 rings (SSSR count). The van der Waals surface area contributed by atoms with E-state index in [9.17, 15) is 0 Å². The Morgan fingerprint density at radius 1 is 0.914 bits per heavy atom. The zero-order chi connectivity index (χ0) is 23.5. The summed E-state index contributed by atoms with van der Waals surface area (Å²) in [5.74, 6) is 1.53. The first kappa shape index (κ1) is 24.8. The summed E-state index contributed by atoms with van der Waals surface area (Å²) >= 11 is 0. The summed E-state index contributed by atoms with van der Waals surface area (Å²) in [6.45, 7) is 4.15. The lowest BCUT2D eigenvalue weighted by Crippen LogP contribution is -2.31. The predicted octanol–water partition coefficient (Wildman–Crippen LogP) is 4.70. The molecular formula is C26H31ClN6O2. The average molecular weight is 495 g/mol. The predicted molar refractivity (Wildman–Crippen MR) is 141 cm³/mol. The van der Waals surface area contributed by atoms with Crippen LogP contribution in [0.3, 0.4) is 0 Å². The molecule has 0 aliphatic carbocycles. The Bertz CT molecular complexity index is 1270. The lowest BCUT2D eigenvalue weighted by molar-refractivity contribution is 0.348. The van der Waals surface area contributed by atoms with Crippen molar-refractivity contribution in [1.29, 1.82) is 0 Å². The number of benzene rings is 2. The van der Waals surface area contributed by atoms with E-state index in [1.165, 1.54) is 12.8 Å². The molecule has 0 saturated carbocycles. The summed E-state index contributed by atoms with van der Waals surface area (Å²) in [5.41, 5.74) is 5.54. The zero-order valence-electron chi connectivity index (χ0n) is 20.3. The summed E-state index contributed by atoms with van der Waals surface area (Å²) in [4.78, 5) is 14.4. The van der Waals surface area contributed by atoms with Crippen molar-refractivity contribution in [2.75, 3.05) is 45.3 Å². The minimum atomic E-state index is 0. The molecule has 0 bridgehead atoms. The lowest BCUT2D eigenvalue weighted by atomic mass is 10.2. The molecule has 1 aliphatic rings. The Hall–Kier alpha value is -3.36. The molecule has 0 spiro atoms. The van der Waals surface area contributed by atoms with E-state index in [-0.39, 0.29) is 12.4 Å². The molecule has 0 amide bonds. The monoisotopic (exact) mass is 494 g/mol. The number of aryl methyl sites for hydroxylation is 1. The topological polar surface area (TPSA) is 68.5 Å². The van der Waals surface area contributed by atoms with E-state index in [2.05, 4.69) is 44.1 Å². The van der Waals surface area contributed by atoms with Gasteiger partial charge in [0.05, 0.1) is 43.3 Å². The standard InChI is InChI=1S/C26H30N6O2.ClH/c1-30-18-19(16-28-30)26-17-27-24-7-6-20(14-25(24)29-26)32(11-10-31-8-4-5-9-31)21-12-22(33-2)15-23(13-21)34-3;/h6-7,12-18H,4-5,8-11H2,1-3H3;1H. The van der Waals surface area contributed by atoms with Crippen molar-refractivity contribution >= 4 is 34.8 Å². The van der Waals surface area contributed by atoms with Crippen LogP contribution in [0, 0.1) is 0 Å². The molecule has 1 aliphatic heterocycles. The number of anilines is 2. The van der Waals surface area contributed by atoms with Crippen LogP contribution in [0.5, 0.6) is 11.5 Å². The SMILES string of the molecule is COc1cc(OC)cc(N(CCN2CCCC2)c2ccc3ncc(-c4cnn(C)c4)nc3c2)c1.Cl. The number of hydrogen-bond donors (Lipinski definition) is 0. The molecule has 184 valence electrons. The third kappa shape index (κ3) is 5.49. The second-order valence-electron chi connectivity index (χ2n) is 8.60. The van der Waals surface area contributed by atoms with Crippen molar-refractivity contribution in [3.8, 4) is 22.8 Å². The minimum absolute atomic E-state index is 0. The maximum atomic E-state index is 5.55. The van der Waals surface area contributed by atoms with Gasteiger partial charge in [-0.1, -0.05) is 0 Å². The molecule has 2 aromatic heterocycles. The highest BCUT2D eigenvalue weighted by atomic mass is 35.5. The van der Waals surface area contributed by atoms with Gasteiger partial charge in [0.25, 0.3) is 0 Å². The van der Waals surface area contributed by atoms with E-state index in [4.69, 9.17) is 14.5 Å². The van der Waals surface area contributed by atoms with Gasteiger partial charge in [0, 0.05) is 61.5 Å². The van der Waals surface area contributed by atoms with E-state index in [0.29, 0.717) is 0 Å². The number of rotatable bonds is 8. The minimum Gasteiger partial charge on any atom is -0.497 e. The molecular weight excluding hydrogens is 464 g/mol. The van der Waals surface area contributed by atoms with Gasteiger partial charge in [-0.3, -0.25) is 9.67 Å². The van der Waals surface area contributed by atoms with E-state index in [0.717, 1.165) is 71.3 Å². The van der Waals surface area contributed by atoms with Gasteiger partial charge >= 0.3 is 0 Å². The number of hydrogen-bond acceptors (Lipinski definition) is 7. The summed E-state index contributed by atoms with van der Waals surface area (Å²) in [5, 5.41) is 4.27. The van der Waals surface area contributed by atoms with Gasteiger partial charge in [-0.05, 0) is 44.1 Å². The Labute approximate surface area is 211 Å². The number of nitrogens with zero attached hydrogens (tertiary/aromatic N) is 6. The largest absolute Gasteiger partial charge is 0.497 e. The summed E-state index contributed by atoms with van der Waals surface area (Å²) in [7, 11) is 5.26. The molecule has 2 aromatic carbocycles. The van der Waals surface area contributed by atoms with Gasteiger partial charge < -0.3 is 19.3 Å². The Balaban J connectivity index is 0.00000289. The molecule has 35 heavy (non-hydrogen) atoms. The van der Waals surface area contributed by atoms with E-state index in [1.54, 1.807) is 25.1 Å². The average Bonchev–Trinajstić information content (AvgIpc) is 3.55. The highest BCUT2D eigenvalue weighted by Crippen LogP contribution is 2.34. The van der Waals surface area contributed by atoms with Crippen LogP contribution in [0.25, 0.3) is 22.3 Å². The molecule has 8 nitrogen and oxygen atoms in total. The molecule has 0 atom stereocenters. The molecule has 0 radical (unpaired) electrons. The molecule has 1 saturated heterocycles. The number of aromatic nitrogens is 4. The number of methoxy groups -OCH3 is 2. The van der Waals surface area contributed by atoms with Crippen LogP contribution in [0.2, 0.25) is 0 Å². The Morgan fingerprint density at radius 2 is 1.66 bits per heavy atom. The Kier molecular flexibility index (Phi) is 7.73. The third-order valence-electron chi connectivity index (χ3n) is 6.32. The van der Waals surface area contributed by atoms with Crippen LogP contribution in [-0.4, -0.2) is 65.0 Å². The Morgan fingerprint density at radius 3 is 2.31 bits per heavy atom. The molecule has 1 fully saturated rings. The van der Waals surface area contributed by atoms with Crippen LogP contribution in [-0.2, 0) is 7.05 Å². The molecule has 9 heteroatoms. The first-order valence-corrected chi connectivity index (χ1v) is 11.6. The molecule has 0 unspecified atom stereocenters. The summed E-state index contributed by atoms with van der Waals surface area (Å²) in [6.07, 6.45) is 8.11. The van der Waals surface area contributed by atoms with Gasteiger partial charge in [0.2, 0.25) is 0 Å². The van der Waals surface area contributed by atoms with Crippen LogP contribution < -0.4 is 14.4 Å². The number of fused-ring (bicyclic) bond motifs is 1. The second-order valence-corrected chi connectivity index (χ2v) is 8.60. The number of halogens is 1. The van der Waals surface area contributed by atoms with Crippen molar-refractivity contribution in [1.82, 2.24) is 24.6 Å². The maximum Gasteiger partial charge on any atom is 0.124 e. The van der Waals surface area contributed by atoms with Crippen molar-refractivity contribution in [3.05, 3.63) is 55.0 Å². The van der Waals surface area contributed by atoms with Crippen LogP contribution >= 0.6 is 12.4 Å². The van der Waals surface area contributed by atoms with Crippen molar-refractivity contribution in [3.63, 3.8) is 0 Å². The lowest BCUT2D eigenvalue weighted by Gasteiger charge is -2.28. The van der Waals surface area contributed by atoms with Gasteiger partial charge in [-0.15, -0.1) is 12.4 Å². The van der Waals surface area contributed by atoms with Gasteiger partial charge in [-0.2, -0.15) is 5.10 Å². The maximum absolute atomic E-state index is 5.55. The van der Waals surface area contributed by atoms with Crippen molar-refractivity contribution < 1.29 is 9.47 Å². The normalized spacial score (nSPS) is 13.6. The summed E-state index contributed by atoms with van der Waals surface area (Å²) < 4.78 is 12.9. The second kappa shape index (κ2) is 10.9. The fourth-order valence-electron chi connectivity index (χ4n) is 4.46. The quantitative estimate of drug-likeness (QED) is 0.351. The number of likely N-dealkylation sites (tertiary alicyclic amines) is 1. The highest BCUT2D eigenvalue weighted by molar-refractivity contribution is 5.85. The first-order valence-electron chi connectivity index (χ1n) is 11.6. The summed E-state index contributed by atoms with van der Waals surface area (Å²) in [6, 6.07) is 12.2. The van der Waals surface area contributed by atoms with E-state index < -0.39 is 0 Å². The van der Waals surface area contributed by atoms with Crippen molar-refractivity contribution in [2.24, 2.45) is 7.05 Å². The zero-order valence-corrected chi connectivity index (χ0v) is 21.2. The fraction of sp³-hybridized carbons (Fsp3) is 0.346. The van der Waals surface area contributed by atoms with Crippen LogP contribution in [0.15, 0.2) is 55.0 Å². The van der Waals surface area contributed by atoms with Gasteiger partial charge in [0.15, 0.2) is 0 Å². The number of ether oxygens (including phenoxy) is 2. The van der Waals surface area contributed by atoms with Crippen molar-refractivity contribution in [2.45, 2.75) is 12.8 Å². The smallest absolute Gasteiger partial charge is 0.124 e.